The summed E-state index contributed by atoms with van der Waals surface area (Å²) in [5, 5.41) is 21.9. The first-order valence-corrected chi connectivity index (χ1v) is 25.9. The van der Waals surface area contributed by atoms with Crippen LogP contribution in [0.5, 0.6) is 0 Å². The number of allylic oxidation sites excluding steroid dienone is 18. The summed E-state index contributed by atoms with van der Waals surface area (Å²) >= 11 is 0. The van der Waals surface area contributed by atoms with Crippen molar-refractivity contribution >= 4 is 25.7 Å². The van der Waals surface area contributed by atoms with Crippen molar-refractivity contribution in [1.29, 1.82) is 0 Å². The van der Waals surface area contributed by atoms with Gasteiger partial charge in [-0.05, 0) is 96.3 Å². The predicted octanol–water partition coefficient (Wildman–Crippen LogP) is 13.4. The summed E-state index contributed by atoms with van der Waals surface area (Å²) in [6.07, 6.45) is 61.1. The Kier molecular flexibility index (Phi) is 43.9. The molecule has 0 spiro atoms. The quantitative estimate of drug-likeness (QED) is 0.0200. The number of ether oxygens (including phenoxy) is 1. The molecule has 0 aliphatic carbocycles. The lowest BCUT2D eigenvalue weighted by molar-refractivity contribution is -0.147. The molecule has 3 atom stereocenters. The zero-order valence-corrected chi connectivity index (χ0v) is 40.9. The Morgan fingerprint density at radius 3 is 1.37 bits per heavy atom. The Morgan fingerprint density at radius 1 is 0.508 bits per heavy atom. The summed E-state index contributed by atoms with van der Waals surface area (Å²) in [5.74, 6) is -2.48. The smallest absolute Gasteiger partial charge is 0.472 e. The number of nitrogens with one attached hydrogen (secondary N) is 1. The Labute approximate surface area is 393 Å². The van der Waals surface area contributed by atoms with Gasteiger partial charge in [0.05, 0.1) is 13.2 Å². The highest BCUT2D eigenvalue weighted by molar-refractivity contribution is 7.47. The van der Waals surface area contributed by atoms with E-state index >= 15 is 0 Å². The summed E-state index contributed by atoms with van der Waals surface area (Å²) in [6.45, 7) is 2.41. The number of carboxylic acids is 1. The standard InChI is InChI=1S/C53H86NO10P/c1-3-5-7-9-11-13-15-17-19-21-23-24-25-26-27-28-30-32-34-36-38-40-42-44-51(56)54-50(53(58)59)48-64-65(60,61)63-47-49(55)46-62-52(57)45-43-41-39-37-35-33-31-29-22-20-18-16-14-12-10-8-6-4-2/h5,7,11,13-14,16-17,19-20,22-24,26-27,30,32,36,38,49-50,55H,3-4,6,8-10,12,15,18,21,25,28-29,31,33-35,37,39-48H2,1-2H3,(H,54,56)(H,58,59)(H,60,61)/b7-5-,13-11-,16-14-,19-17-,22-20-,24-23-,27-26-,32-30-,38-36-. The first-order chi connectivity index (χ1) is 31.6. The van der Waals surface area contributed by atoms with Crippen LogP contribution >= 0.6 is 7.82 Å². The molecule has 12 heteroatoms. The van der Waals surface area contributed by atoms with E-state index in [4.69, 9.17) is 13.8 Å². The Bertz CT molecular complexity index is 1510. The number of phosphoric acid groups is 1. The van der Waals surface area contributed by atoms with E-state index in [-0.39, 0.29) is 12.8 Å². The van der Waals surface area contributed by atoms with E-state index in [1.165, 1.54) is 44.9 Å². The molecule has 0 aromatic heterocycles. The van der Waals surface area contributed by atoms with E-state index in [0.717, 1.165) is 83.5 Å². The van der Waals surface area contributed by atoms with E-state index in [0.29, 0.717) is 19.3 Å². The summed E-state index contributed by atoms with van der Waals surface area (Å²) < 4.78 is 26.9. The number of hydrogen-bond acceptors (Lipinski definition) is 8. The maximum atomic E-state index is 12.3. The third-order valence-corrected chi connectivity index (χ3v) is 10.7. The molecule has 0 saturated heterocycles. The molecule has 4 N–H and O–H groups in total. The molecule has 0 aromatic carbocycles. The van der Waals surface area contributed by atoms with Gasteiger partial charge in [0.15, 0.2) is 6.04 Å². The second-order valence-electron chi connectivity index (χ2n) is 15.9. The van der Waals surface area contributed by atoms with Crippen molar-refractivity contribution in [2.24, 2.45) is 0 Å². The van der Waals surface area contributed by atoms with Crippen molar-refractivity contribution in [3.05, 3.63) is 109 Å². The highest BCUT2D eigenvalue weighted by atomic mass is 31.2. The minimum atomic E-state index is -4.79. The van der Waals surface area contributed by atoms with Crippen LogP contribution in [0.4, 0.5) is 0 Å². The molecule has 11 nitrogen and oxygen atoms in total. The fraction of sp³-hybridized carbons (Fsp3) is 0.604. The van der Waals surface area contributed by atoms with Crippen molar-refractivity contribution in [2.45, 2.75) is 187 Å². The number of aliphatic hydroxyl groups is 1. The number of amides is 1. The van der Waals surface area contributed by atoms with E-state index < -0.39 is 57.6 Å². The largest absolute Gasteiger partial charge is 0.480 e. The second-order valence-corrected chi connectivity index (χ2v) is 17.4. The van der Waals surface area contributed by atoms with Crippen LogP contribution in [0, 0.1) is 0 Å². The average molecular weight is 928 g/mol. The van der Waals surface area contributed by atoms with Gasteiger partial charge in [-0.1, -0.05) is 175 Å². The third-order valence-electron chi connectivity index (χ3n) is 9.80. The fourth-order valence-electron chi connectivity index (χ4n) is 6.04. The lowest BCUT2D eigenvalue weighted by Crippen LogP contribution is -2.43. The summed E-state index contributed by atoms with van der Waals surface area (Å²) in [6, 6.07) is -1.59. The van der Waals surface area contributed by atoms with Crippen molar-refractivity contribution in [2.75, 3.05) is 19.8 Å². The molecule has 65 heavy (non-hydrogen) atoms. The number of aliphatic carboxylic acids is 1. The molecule has 0 bridgehead atoms. The lowest BCUT2D eigenvalue weighted by atomic mass is 10.1. The summed E-state index contributed by atoms with van der Waals surface area (Å²) in [4.78, 5) is 46.0. The molecule has 3 unspecified atom stereocenters. The molecule has 0 saturated carbocycles. The molecular weight excluding hydrogens is 842 g/mol. The molecule has 0 radical (unpaired) electrons. The monoisotopic (exact) mass is 928 g/mol. The number of carbonyl (C=O) groups is 3. The van der Waals surface area contributed by atoms with Crippen LogP contribution in [-0.4, -0.2) is 64.9 Å². The Morgan fingerprint density at radius 2 is 0.908 bits per heavy atom. The van der Waals surface area contributed by atoms with Crippen LogP contribution in [-0.2, 0) is 32.7 Å². The third kappa shape index (κ3) is 46.5. The summed E-state index contributed by atoms with van der Waals surface area (Å²) in [5.41, 5.74) is 0. The van der Waals surface area contributed by atoms with Gasteiger partial charge in [0.1, 0.15) is 12.7 Å². The highest BCUT2D eigenvalue weighted by Gasteiger charge is 2.28. The van der Waals surface area contributed by atoms with E-state index in [9.17, 15) is 34.1 Å². The molecule has 0 aliphatic heterocycles. The van der Waals surface area contributed by atoms with Gasteiger partial charge in [0.2, 0.25) is 5.91 Å². The van der Waals surface area contributed by atoms with E-state index in [2.05, 4.69) is 116 Å². The van der Waals surface area contributed by atoms with E-state index in [1.807, 2.05) is 12.2 Å². The zero-order valence-electron chi connectivity index (χ0n) is 40.0. The topological polar surface area (TPSA) is 169 Å². The van der Waals surface area contributed by atoms with Crippen LogP contribution in [0.25, 0.3) is 0 Å². The predicted molar refractivity (Wildman–Crippen MR) is 267 cm³/mol. The number of aliphatic hydroxyl groups excluding tert-OH is 1. The van der Waals surface area contributed by atoms with Crippen molar-refractivity contribution in [3.63, 3.8) is 0 Å². The molecule has 0 aliphatic rings. The van der Waals surface area contributed by atoms with Crippen LogP contribution in [0.1, 0.15) is 174 Å². The first-order valence-electron chi connectivity index (χ1n) is 24.4. The minimum Gasteiger partial charge on any atom is -0.480 e. The molecule has 0 heterocycles. The molecule has 1 amide bonds. The zero-order chi connectivity index (χ0) is 47.7. The number of carbonyl (C=O) groups excluding carboxylic acids is 2. The van der Waals surface area contributed by atoms with Crippen molar-refractivity contribution in [3.8, 4) is 0 Å². The lowest BCUT2D eigenvalue weighted by Gasteiger charge is -2.18. The average Bonchev–Trinajstić information content (AvgIpc) is 3.28. The molecule has 0 aromatic rings. The maximum absolute atomic E-state index is 12.3. The number of rotatable bonds is 44. The van der Waals surface area contributed by atoms with E-state index in [1.54, 1.807) is 0 Å². The number of unbranched alkanes of at least 4 members (excludes halogenated alkanes) is 12. The Hall–Kier alpha value is -3.86. The minimum absolute atomic E-state index is 0.0580. The van der Waals surface area contributed by atoms with Crippen molar-refractivity contribution in [1.82, 2.24) is 5.32 Å². The van der Waals surface area contributed by atoms with Crippen LogP contribution in [0.15, 0.2) is 109 Å². The number of phosphoric ester groups is 1. The van der Waals surface area contributed by atoms with Crippen LogP contribution in [0.3, 0.4) is 0 Å². The molecule has 0 rings (SSSR count). The van der Waals surface area contributed by atoms with Gasteiger partial charge >= 0.3 is 19.8 Å². The highest BCUT2D eigenvalue weighted by Crippen LogP contribution is 2.43. The Balaban J connectivity index is 4.00. The normalized spacial score (nSPS) is 14.5. The van der Waals surface area contributed by atoms with Gasteiger partial charge in [0, 0.05) is 12.8 Å². The SMILES string of the molecule is CC/C=C\C/C=C\C/C=C\C/C=C\C/C=C\C/C=C\C/C=C\CCCC(=O)NC(COP(=O)(O)OCC(O)COC(=O)CCCCCCCCC/C=C\C/C=C\CCCCCC)C(=O)O. The van der Waals surface area contributed by atoms with Crippen LogP contribution in [0.2, 0.25) is 0 Å². The molecule has 0 fully saturated rings. The van der Waals surface area contributed by atoms with Crippen molar-refractivity contribution < 1.29 is 47.8 Å². The van der Waals surface area contributed by atoms with Gasteiger partial charge in [-0.2, -0.15) is 0 Å². The van der Waals surface area contributed by atoms with Gasteiger partial charge in [-0.25, -0.2) is 9.36 Å². The van der Waals surface area contributed by atoms with Crippen LogP contribution < -0.4 is 5.32 Å². The van der Waals surface area contributed by atoms with Gasteiger partial charge in [-0.15, -0.1) is 0 Å². The van der Waals surface area contributed by atoms with Gasteiger partial charge in [-0.3, -0.25) is 18.6 Å². The number of esters is 1. The molecule has 368 valence electrons. The second kappa shape index (κ2) is 46.7. The first kappa shape index (κ1) is 61.1. The number of hydrogen-bond donors (Lipinski definition) is 4. The maximum Gasteiger partial charge on any atom is 0.472 e. The summed E-state index contributed by atoms with van der Waals surface area (Å²) in [7, 11) is -4.79. The molecular formula is C53H86NO10P. The van der Waals surface area contributed by atoms with Gasteiger partial charge < -0.3 is 25.2 Å². The van der Waals surface area contributed by atoms with Gasteiger partial charge in [0.25, 0.3) is 0 Å². The number of carboxylic acid groups (broad SMARTS) is 1. The fourth-order valence-corrected chi connectivity index (χ4v) is 6.81.